The Balaban J connectivity index is 2.60. The van der Waals surface area contributed by atoms with E-state index in [1.807, 2.05) is 0 Å². The number of hydrogen-bond donors (Lipinski definition) is 1. The summed E-state index contributed by atoms with van der Waals surface area (Å²) in [7, 11) is 1.52. The van der Waals surface area contributed by atoms with Crippen LogP contribution in [0.15, 0.2) is 24.3 Å². The normalized spacial score (nSPS) is 27.1. The molecule has 0 amide bonds. The van der Waals surface area contributed by atoms with Crippen LogP contribution in [0.5, 0.6) is 5.75 Å². The fourth-order valence-electron chi connectivity index (χ4n) is 3.85. The molecule has 1 N–H and O–H groups in total. The summed E-state index contributed by atoms with van der Waals surface area (Å²) in [5.74, 6) is -4.48. The molecule has 29 heavy (non-hydrogen) atoms. The molecule has 0 heterocycles. The van der Waals surface area contributed by atoms with E-state index < -0.39 is 53.3 Å². The lowest BCUT2D eigenvalue weighted by Gasteiger charge is -2.44. The minimum Gasteiger partial charge on any atom is -0.497 e. The summed E-state index contributed by atoms with van der Waals surface area (Å²) in [6, 6.07) is 6.73. The maximum atomic E-state index is 13.0. The van der Waals surface area contributed by atoms with Gasteiger partial charge in [0.05, 0.1) is 30.8 Å². The van der Waals surface area contributed by atoms with Crippen molar-refractivity contribution in [1.82, 2.24) is 0 Å². The molecule has 0 bridgehead atoms. The van der Waals surface area contributed by atoms with E-state index in [2.05, 4.69) is 0 Å². The van der Waals surface area contributed by atoms with Gasteiger partial charge in [-0.1, -0.05) is 12.1 Å². The second-order valence-electron chi connectivity index (χ2n) is 8.23. The molecule has 0 aromatic heterocycles. The minimum absolute atomic E-state index is 0.338. The van der Waals surface area contributed by atoms with Crippen molar-refractivity contribution < 1.29 is 33.7 Å². The Morgan fingerprint density at radius 2 is 1.55 bits per heavy atom. The first-order chi connectivity index (χ1) is 13.5. The molecule has 4 atom stereocenters. The Bertz CT molecular complexity index is 741. The van der Waals surface area contributed by atoms with Gasteiger partial charge >= 0.3 is 11.9 Å². The van der Waals surface area contributed by atoms with Crippen molar-refractivity contribution in [3.63, 3.8) is 0 Å². The molecule has 2 rings (SSSR count). The smallest absolute Gasteiger partial charge is 0.317 e. The van der Waals surface area contributed by atoms with Crippen molar-refractivity contribution in [3.8, 4) is 5.75 Å². The molecule has 160 valence electrons. The molecule has 7 heteroatoms. The van der Waals surface area contributed by atoms with Crippen LogP contribution in [0.25, 0.3) is 0 Å². The predicted molar refractivity (Wildman–Crippen MR) is 105 cm³/mol. The van der Waals surface area contributed by atoms with Crippen LogP contribution in [0.1, 0.15) is 52.5 Å². The number of methoxy groups -OCH3 is 1. The number of ketones is 1. The lowest BCUT2D eigenvalue weighted by atomic mass is 9.61. The molecule has 1 aliphatic rings. The fraction of sp³-hybridized carbons (Fsp3) is 0.591. The van der Waals surface area contributed by atoms with Crippen molar-refractivity contribution in [2.45, 2.75) is 64.8 Å². The van der Waals surface area contributed by atoms with E-state index in [0.29, 0.717) is 11.3 Å². The molecular weight excluding hydrogens is 376 g/mol. The molecule has 1 aliphatic carbocycles. The van der Waals surface area contributed by atoms with Crippen LogP contribution in [0.4, 0.5) is 0 Å². The van der Waals surface area contributed by atoms with Crippen LogP contribution in [0.3, 0.4) is 0 Å². The third-order valence-electron chi connectivity index (χ3n) is 4.98. The van der Waals surface area contributed by atoms with Crippen molar-refractivity contribution in [2.24, 2.45) is 11.8 Å². The number of carbonyl (C=O) groups excluding carboxylic acids is 3. The number of ether oxygens (including phenoxy) is 3. The first-order valence-corrected chi connectivity index (χ1v) is 9.78. The van der Waals surface area contributed by atoms with E-state index in [9.17, 15) is 19.5 Å². The molecular formula is C22H30O7. The van der Waals surface area contributed by atoms with E-state index >= 15 is 0 Å². The lowest BCUT2D eigenvalue weighted by molar-refractivity contribution is -0.176. The first-order valence-electron chi connectivity index (χ1n) is 9.78. The van der Waals surface area contributed by atoms with Gasteiger partial charge in [0.2, 0.25) is 0 Å². The number of rotatable bonds is 6. The third-order valence-corrected chi connectivity index (χ3v) is 4.98. The van der Waals surface area contributed by atoms with Crippen LogP contribution in [0.2, 0.25) is 0 Å². The van der Waals surface area contributed by atoms with Gasteiger partial charge in [-0.15, -0.1) is 0 Å². The van der Waals surface area contributed by atoms with Gasteiger partial charge in [-0.3, -0.25) is 14.4 Å². The van der Waals surface area contributed by atoms with Crippen LogP contribution < -0.4 is 4.74 Å². The van der Waals surface area contributed by atoms with Crippen molar-refractivity contribution in [2.75, 3.05) is 7.11 Å². The quantitative estimate of drug-likeness (QED) is 0.573. The Hall–Kier alpha value is -2.41. The second-order valence-corrected chi connectivity index (χ2v) is 8.23. The van der Waals surface area contributed by atoms with E-state index in [0.717, 1.165) is 0 Å². The average Bonchev–Trinajstić information content (AvgIpc) is 2.58. The van der Waals surface area contributed by atoms with Crippen molar-refractivity contribution in [1.29, 1.82) is 0 Å². The van der Waals surface area contributed by atoms with Crippen LogP contribution in [-0.4, -0.2) is 47.7 Å². The number of aliphatic hydroxyl groups is 1. The van der Waals surface area contributed by atoms with Gasteiger partial charge in [0.15, 0.2) is 5.78 Å². The monoisotopic (exact) mass is 406 g/mol. The van der Waals surface area contributed by atoms with Crippen LogP contribution in [-0.2, 0) is 23.9 Å². The Kier molecular flexibility index (Phi) is 7.06. The summed E-state index contributed by atoms with van der Waals surface area (Å²) in [6.45, 7) is 8.21. The van der Waals surface area contributed by atoms with Gasteiger partial charge in [-0.25, -0.2) is 0 Å². The Morgan fingerprint density at radius 3 is 2.03 bits per heavy atom. The number of benzene rings is 1. The number of hydrogen-bond acceptors (Lipinski definition) is 7. The lowest BCUT2D eigenvalue weighted by Crippen LogP contribution is -2.55. The van der Waals surface area contributed by atoms with Gasteiger partial charge in [-0.05, 0) is 52.3 Å². The minimum atomic E-state index is -1.66. The zero-order valence-electron chi connectivity index (χ0n) is 17.8. The molecule has 1 aromatic rings. The van der Waals surface area contributed by atoms with Gasteiger partial charge in [0.1, 0.15) is 11.7 Å². The second kappa shape index (κ2) is 8.95. The number of carbonyl (C=O) groups is 3. The highest BCUT2D eigenvalue weighted by molar-refractivity contribution is 6.02. The predicted octanol–water partition coefficient (Wildman–Crippen LogP) is 2.64. The highest BCUT2D eigenvalue weighted by Gasteiger charge is 2.57. The summed E-state index contributed by atoms with van der Waals surface area (Å²) in [4.78, 5) is 38.7. The maximum Gasteiger partial charge on any atom is 0.317 e. The molecule has 0 spiro atoms. The standard InChI is InChI=1S/C22H30O7/c1-12(2)28-20(24)18-16(23)11-22(5,26)19(21(25)29-13(3)4)17(18)14-7-9-15(27-6)10-8-14/h7-10,12-13,17-19,26H,11H2,1-6H3/t17-,18+,19-,22+/m0/s1. The average molecular weight is 406 g/mol. The highest BCUT2D eigenvalue weighted by atomic mass is 16.5. The molecule has 0 aliphatic heterocycles. The number of esters is 2. The Morgan fingerprint density at radius 1 is 1.03 bits per heavy atom. The largest absolute Gasteiger partial charge is 0.497 e. The summed E-state index contributed by atoms with van der Waals surface area (Å²) < 4.78 is 15.9. The zero-order valence-corrected chi connectivity index (χ0v) is 17.8. The molecule has 1 fully saturated rings. The highest BCUT2D eigenvalue weighted by Crippen LogP contribution is 2.47. The zero-order chi connectivity index (χ0) is 21.9. The van der Waals surface area contributed by atoms with E-state index in [-0.39, 0.29) is 6.42 Å². The third kappa shape index (κ3) is 5.15. The molecule has 1 aromatic carbocycles. The summed E-state index contributed by atoms with van der Waals surface area (Å²) in [5, 5.41) is 11.0. The van der Waals surface area contributed by atoms with Gasteiger partial charge in [0, 0.05) is 12.3 Å². The van der Waals surface area contributed by atoms with Gasteiger partial charge in [0.25, 0.3) is 0 Å². The summed E-state index contributed by atoms with van der Waals surface area (Å²) in [5.41, 5.74) is -1.11. The maximum absolute atomic E-state index is 13.0. The van der Waals surface area contributed by atoms with Crippen molar-refractivity contribution >= 4 is 17.7 Å². The van der Waals surface area contributed by atoms with E-state index in [1.165, 1.54) is 14.0 Å². The van der Waals surface area contributed by atoms with Crippen LogP contribution in [0, 0.1) is 11.8 Å². The summed E-state index contributed by atoms with van der Waals surface area (Å²) in [6.07, 6.45) is -1.17. The molecule has 0 radical (unpaired) electrons. The fourth-order valence-corrected chi connectivity index (χ4v) is 3.85. The molecule has 7 nitrogen and oxygen atoms in total. The molecule has 0 saturated heterocycles. The van der Waals surface area contributed by atoms with E-state index in [1.54, 1.807) is 52.0 Å². The molecule has 0 unspecified atom stereocenters. The van der Waals surface area contributed by atoms with Gasteiger partial charge < -0.3 is 19.3 Å². The summed E-state index contributed by atoms with van der Waals surface area (Å²) >= 11 is 0. The van der Waals surface area contributed by atoms with Crippen LogP contribution >= 0.6 is 0 Å². The van der Waals surface area contributed by atoms with Crippen molar-refractivity contribution in [3.05, 3.63) is 29.8 Å². The SMILES string of the molecule is COc1ccc([C@H]2[C@H](C(=O)OC(C)C)C(=O)C[C@@](C)(O)[C@@H]2C(=O)OC(C)C)cc1. The molecule has 1 saturated carbocycles. The number of Topliss-reactive ketones (excluding diaryl/α,β-unsaturated/α-hetero) is 1. The van der Waals surface area contributed by atoms with E-state index in [4.69, 9.17) is 14.2 Å². The first kappa shape index (κ1) is 22.9. The Labute approximate surface area is 171 Å². The van der Waals surface area contributed by atoms with Gasteiger partial charge in [-0.2, -0.15) is 0 Å². The topological polar surface area (TPSA) is 99.1 Å².